The molecule has 0 aliphatic rings. The first-order chi connectivity index (χ1) is 22.6. The fourth-order valence-electron chi connectivity index (χ4n) is 5.59. The number of hydrogen-bond acceptors (Lipinski definition) is 8. The second-order valence-corrected chi connectivity index (χ2v) is 14.3. The molecule has 0 spiro atoms. The Bertz CT molecular complexity index is 1600. The molecule has 2 N–H and O–H groups in total. The monoisotopic (exact) mass is 696 g/mol. The van der Waals surface area contributed by atoms with Gasteiger partial charge in [0.1, 0.15) is 29.7 Å². The summed E-state index contributed by atoms with van der Waals surface area (Å²) in [5, 5.41) is 31.0. The molecule has 48 heavy (non-hydrogen) atoms. The van der Waals surface area contributed by atoms with Gasteiger partial charge in [0, 0.05) is 35.8 Å². The van der Waals surface area contributed by atoms with Crippen LogP contribution >= 0.6 is 23.2 Å². The van der Waals surface area contributed by atoms with E-state index in [2.05, 4.69) is 73.4 Å². The summed E-state index contributed by atoms with van der Waals surface area (Å²) in [5.41, 5.74) is 3.14. The molecule has 3 aromatic rings. The summed E-state index contributed by atoms with van der Waals surface area (Å²) < 4.78 is 7.50. The summed E-state index contributed by atoms with van der Waals surface area (Å²) in [7, 11) is 0. The second-order valence-electron chi connectivity index (χ2n) is 13.4. The summed E-state index contributed by atoms with van der Waals surface area (Å²) in [6.07, 6.45) is 4.35. The lowest BCUT2D eigenvalue weighted by atomic mass is 9.90. The summed E-state index contributed by atoms with van der Waals surface area (Å²) >= 11 is 13.7. The molecule has 2 aromatic carbocycles. The molecule has 0 aliphatic heterocycles. The number of carbonyl (C=O) groups excluding carboxylic acids is 1. The highest BCUT2D eigenvalue weighted by molar-refractivity contribution is 6.38. The molecular formula is C36H50Cl2N8O2. The molecule has 1 atom stereocenters. The first-order valence-corrected chi connectivity index (χ1v) is 17.4. The van der Waals surface area contributed by atoms with Gasteiger partial charge in [0.25, 0.3) is 0 Å². The molecule has 1 heterocycles. The van der Waals surface area contributed by atoms with E-state index in [1.807, 2.05) is 32.9 Å². The molecule has 3 rings (SSSR count). The van der Waals surface area contributed by atoms with Gasteiger partial charge >= 0.3 is 0 Å². The van der Waals surface area contributed by atoms with Crippen LogP contribution in [0.3, 0.4) is 0 Å². The number of rotatable bonds is 15. The van der Waals surface area contributed by atoms with Crippen LogP contribution in [0.5, 0.6) is 0 Å². The fraction of sp³-hybridized carbons (Fsp3) is 0.528. The second kappa shape index (κ2) is 17.1. The van der Waals surface area contributed by atoms with Gasteiger partial charge in [0.2, 0.25) is 5.91 Å². The SMILES string of the molecule is CCCCC(CC)OCNc1cc(Cl)c(-n2nc(C(C)(C)C)c(C#N)c2N=Nc2ccc(N(C(C)C)C(C)C)cc2NC(C)=O)c(Cl)c1. The maximum absolute atomic E-state index is 12.2. The van der Waals surface area contributed by atoms with Crippen LogP contribution in [0.2, 0.25) is 10.0 Å². The Labute approximate surface area is 295 Å². The van der Waals surface area contributed by atoms with Crippen molar-refractivity contribution >= 4 is 57.7 Å². The zero-order chi connectivity index (χ0) is 35.8. The topological polar surface area (TPSA) is 120 Å². The van der Waals surface area contributed by atoms with Crippen LogP contribution in [0.1, 0.15) is 106 Å². The number of nitriles is 1. The highest BCUT2D eigenvalue weighted by atomic mass is 35.5. The number of unbranched alkanes of at least 4 members (excludes halogenated alkanes) is 1. The van der Waals surface area contributed by atoms with E-state index in [9.17, 15) is 10.1 Å². The first-order valence-electron chi connectivity index (χ1n) is 16.6. The van der Waals surface area contributed by atoms with E-state index in [1.165, 1.54) is 11.6 Å². The zero-order valence-corrected chi connectivity index (χ0v) is 31.4. The molecule has 0 saturated heterocycles. The van der Waals surface area contributed by atoms with Gasteiger partial charge < -0.3 is 20.3 Å². The van der Waals surface area contributed by atoms with Crippen molar-refractivity contribution in [3.05, 3.63) is 51.6 Å². The number of ether oxygens (including phenoxy) is 1. The number of anilines is 3. The fourth-order valence-corrected chi connectivity index (χ4v) is 6.24. The number of hydrogen-bond donors (Lipinski definition) is 2. The maximum atomic E-state index is 12.2. The molecule has 1 unspecified atom stereocenters. The van der Waals surface area contributed by atoms with Gasteiger partial charge in [-0.2, -0.15) is 10.4 Å². The Balaban J connectivity index is 2.10. The summed E-state index contributed by atoms with van der Waals surface area (Å²) in [4.78, 5) is 14.4. The average molecular weight is 698 g/mol. The molecule has 0 saturated carbocycles. The number of carbonyl (C=O) groups is 1. The Morgan fingerprint density at radius 2 is 1.73 bits per heavy atom. The molecule has 0 radical (unpaired) electrons. The van der Waals surface area contributed by atoms with Crippen LogP contribution < -0.4 is 15.5 Å². The largest absolute Gasteiger partial charge is 0.367 e. The highest BCUT2D eigenvalue weighted by Gasteiger charge is 2.29. The lowest BCUT2D eigenvalue weighted by Crippen LogP contribution is -2.36. The number of aromatic nitrogens is 2. The third-order valence-electron chi connectivity index (χ3n) is 7.80. The van der Waals surface area contributed by atoms with Gasteiger partial charge in [-0.25, -0.2) is 4.68 Å². The van der Waals surface area contributed by atoms with E-state index in [0.29, 0.717) is 45.2 Å². The van der Waals surface area contributed by atoms with Crippen molar-refractivity contribution in [1.29, 1.82) is 5.26 Å². The lowest BCUT2D eigenvalue weighted by Gasteiger charge is -2.33. The van der Waals surface area contributed by atoms with E-state index in [-0.39, 0.29) is 35.5 Å². The van der Waals surface area contributed by atoms with Crippen molar-refractivity contribution in [2.45, 2.75) is 119 Å². The normalized spacial score (nSPS) is 12.5. The smallest absolute Gasteiger partial charge is 0.221 e. The Morgan fingerprint density at radius 3 is 2.25 bits per heavy atom. The lowest BCUT2D eigenvalue weighted by molar-refractivity contribution is -0.114. The molecule has 1 aromatic heterocycles. The van der Waals surface area contributed by atoms with Gasteiger partial charge in [-0.3, -0.25) is 4.79 Å². The van der Waals surface area contributed by atoms with Crippen molar-refractivity contribution in [1.82, 2.24) is 9.78 Å². The van der Waals surface area contributed by atoms with E-state index in [4.69, 9.17) is 33.0 Å². The molecule has 0 aliphatic carbocycles. The van der Waals surface area contributed by atoms with Crippen LogP contribution in [0.15, 0.2) is 40.6 Å². The number of amides is 1. The average Bonchev–Trinajstić information content (AvgIpc) is 3.36. The molecule has 0 fully saturated rings. The minimum absolute atomic E-state index is 0.167. The maximum Gasteiger partial charge on any atom is 0.221 e. The predicted molar refractivity (Wildman–Crippen MR) is 198 cm³/mol. The van der Waals surface area contributed by atoms with E-state index >= 15 is 0 Å². The summed E-state index contributed by atoms with van der Waals surface area (Å²) in [6.45, 7) is 20.4. The standard InChI is InChI=1S/C36H50Cl2N8O2/c1-11-13-14-27(12-2)48-21-40-25-17-29(37)33(30(38)18-25)46-35(28(20-39)34(44-46)36(8,9)10)43-42-31-16-15-26(19-32(31)41-24(7)47)45(22(3)4)23(5)6/h15-19,22-23,27,40H,11-14,21H2,1-10H3,(H,41,47). The summed E-state index contributed by atoms with van der Waals surface area (Å²) in [6, 6.07) is 11.8. The molecule has 1 amide bonds. The Kier molecular flexibility index (Phi) is 13.9. The molecule has 12 heteroatoms. The quantitative estimate of drug-likeness (QED) is 0.120. The van der Waals surface area contributed by atoms with Crippen LogP contribution in [-0.4, -0.2) is 40.6 Å². The van der Waals surface area contributed by atoms with E-state index in [0.717, 1.165) is 31.4 Å². The third kappa shape index (κ3) is 9.71. The number of benzene rings is 2. The van der Waals surface area contributed by atoms with Gasteiger partial charge in [-0.15, -0.1) is 10.2 Å². The van der Waals surface area contributed by atoms with Crippen molar-refractivity contribution in [2.75, 3.05) is 22.3 Å². The van der Waals surface area contributed by atoms with Crippen molar-refractivity contribution in [2.24, 2.45) is 10.2 Å². The van der Waals surface area contributed by atoms with Crippen molar-refractivity contribution < 1.29 is 9.53 Å². The van der Waals surface area contributed by atoms with Gasteiger partial charge in [-0.05, 0) is 70.9 Å². The highest BCUT2D eigenvalue weighted by Crippen LogP contribution is 2.40. The number of nitrogens with one attached hydrogen (secondary N) is 2. The zero-order valence-electron chi connectivity index (χ0n) is 29.9. The Morgan fingerprint density at radius 1 is 1.08 bits per heavy atom. The van der Waals surface area contributed by atoms with Crippen LogP contribution in [0.4, 0.5) is 28.6 Å². The van der Waals surface area contributed by atoms with Crippen molar-refractivity contribution in [3.8, 4) is 11.8 Å². The number of halogens is 2. The van der Waals surface area contributed by atoms with Crippen LogP contribution in [-0.2, 0) is 14.9 Å². The molecular weight excluding hydrogens is 647 g/mol. The predicted octanol–water partition coefficient (Wildman–Crippen LogP) is 10.7. The van der Waals surface area contributed by atoms with E-state index < -0.39 is 5.41 Å². The molecule has 10 nitrogen and oxygen atoms in total. The minimum Gasteiger partial charge on any atom is -0.367 e. The summed E-state index contributed by atoms with van der Waals surface area (Å²) in [5.74, 6) is -0.0772. The number of azo groups is 1. The van der Waals surface area contributed by atoms with Crippen LogP contribution in [0.25, 0.3) is 5.69 Å². The third-order valence-corrected chi connectivity index (χ3v) is 8.37. The van der Waals surface area contributed by atoms with Crippen molar-refractivity contribution in [3.63, 3.8) is 0 Å². The first kappa shape index (κ1) is 38.8. The number of nitrogens with zero attached hydrogens (tertiary/aromatic N) is 6. The van der Waals surface area contributed by atoms with Crippen LogP contribution in [0, 0.1) is 11.3 Å². The van der Waals surface area contributed by atoms with Gasteiger partial charge in [0.05, 0.1) is 27.5 Å². The molecule has 260 valence electrons. The van der Waals surface area contributed by atoms with Gasteiger partial charge in [-0.1, -0.05) is 70.7 Å². The Hall–Kier alpha value is -3.65. The van der Waals surface area contributed by atoms with Gasteiger partial charge in [0.15, 0.2) is 5.82 Å². The minimum atomic E-state index is -0.508. The van der Waals surface area contributed by atoms with E-state index in [1.54, 1.807) is 18.2 Å². The molecule has 0 bridgehead atoms.